The number of nitrogens with zero attached hydrogens (tertiary/aromatic N) is 2. The van der Waals surface area contributed by atoms with E-state index in [9.17, 15) is 9.59 Å². The number of carbonyl (C=O) groups is 2. The molecule has 0 saturated heterocycles. The van der Waals surface area contributed by atoms with E-state index >= 15 is 0 Å². The summed E-state index contributed by atoms with van der Waals surface area (Å²) >= 11 is 0. The Kier molecular flexibility index (Phi) is 6.36. The number of amides is 1. The number of anilines is 3. The molecule has 0 bridgehead atoms. The molecule has 29 heavy (non-hydrogen) atoms. The van der Waals surface area contributed by atoms with Gasteiger partial charge in [0, 0.05) is 23.8 Å². The molecular weight excluding hydrogens is 372 g/mol. The number of ether oxygens (including phenoxy) is 2. The highest BCUT2D eigenvalue weighted by atomic mass is 16.5. The van der Waals surface area contributed by atoms with E-state index < -0.39 is 0 Å². The second-order valence-electron chi connectivity index (χ2n) is 5.90. The van der Waals surface area contributed by atoms with E-state index in [1.165, 1.54) is 12.4 Å². The molecule has 1 amide bonds. The van der Waals surface area contributed by atoms with E-state index in [4.69, 9.17) is 9.47 Å². The number of aromatic nitrogens is 2. The first-order chi connectivity index (χ1) is 14.1. The number of carbonyl (C=O) groups excluding carboxylic acids is 2. The molecule has 0 aliphatic heterocycles. The van der Waals surface area contributed by atoms with Gasteiger partial charge in [-0.3, -0.25) is 4.79 Å². The second-order valence-corrected chi connectivity index (χ2v) is 5.90. The van der Waals surface area contributed by atoms with Gasteiger partial charge in [0.05, 0.1) is 24.8 Å². The number of benzene rings is 2. The Balaban J connectivity index is 1.60. The maximum atomic E-state index is 12.3. The molecule has 0 aliphatic carbocycles. The minimum Gasteiger partial charge on any atom is -0.497 e. The Hall–Kier alpha value is -3.94. The van der Waals surface area contributed by atoms with Crippen molar-refractivity contribution in [2.75, 3.05) is 24.4 Å². The molecule has 2 aromatic carbocycles. The quantitative estimate of drug-likeness (QED) is 0.592. The molecule has 0 saturated carbocycles. The minimum atomic E-state index is -0.373. The van der Waals surface area contributed by atoms with Crippen molar-refractivity contribution in [2.24, 2.45) is 0 Å². The summed E-state index contributed by atoms with van der Waals surface area (Å²) in [5.74, 6) is 0.343. The lowest BCUT2D eigenvalue weighted by molar-refractivity contribution is 0.0526. The van der Waals surface area contributed by atoms with Gasteiger partial charge in [0.25, 0.3) is 5.91 Å². The van der Waals surface area contributed by atoms with Crippen LogP contribution < -0.4 is 15.4 Å². The maximum Gasteiger partial charge on any atom is 0.338 e. The molecular formula is C21H20N4O4. The standard InChI is InChI=1S/C21H20N4O4/c1-3-29-20(27)14-4-6-17(7-5-14)25-21-22-12-15(13-23-21)19(26)24-16-8-10-18(28-2)11-9-16/h4-13H,3H2,1-2H3,(H,24,26)(H,22,23,25). The lowest BCUT2D eigenvalue weighted by atomic mass is 10.2. The van der Waals surface area contributed by atoms with Gasteiger partial charge in [0.15, 0.2) is 0 Å². The molecule has 3 aromatic rings. The van der Waals surface area contributed by atoms with Crippen molar-refractivity contribution in [1.29, 1.82) is 0 Å². The molecule has 0 radical (unpaired) electrons. The van der Waals surface area contributed by atoms with Crippen molar-refractivity contribution in [2.45, 2.75) is 6.92 Å². The molecule has 2 N–H and O–H groups in total. The van der Waals surface area contributed by atoms with Gasteiger partial charge in [-0.15, -0.1) is 0 Å². The van der Waals surface area contributed by atoms with Crippen molar-refractivity contribution in [3.63, 3.8) is 0 Å². The summed E-state index contributed by atoms with van der Waals surface area (Å²) in [6, 6.07) is 13.7. The van der Waals surface area contributed by atoms with E-state index in [1.807, 2.05) is 0 Å². The Labute approximate surface area is 167 Å². The van der Waals surface area contributed by atoms with E-state index in [1.54, 1.807) is 62.6 Å². The lowest BCUT2D eigenvalue weighted by Crippen LogP contribution is -2.13. The monoisotopic (exact) mass is 392 g/mol. The van der Waals surface area contributed by atoms with Crippen LogP contribution in [0, 0.1) is 0 Å². The minimum absolute atomic E-state index is 0.319. The third-order valence-corrected chi connectivity index (χ3v) is 3.91. The maximum absolute atomic E-state index is 12.3. The topological polar surface area (TPSA) is 102 Å². The average molecular weight is 392 g/mol. The third-order valence-electron chi connectivity index (χ3n) is 3.91. The van der Waals surface area contributed by atoms with Gasteiger partial charge >= 0.3 is 5.97 Å². The number of nitrogens with one attached hydrogen (secondary N) is 2. The molecule has 0 atom stereocenters. The first-order valence-corrected chi connectivity index (χ1v) is 8.90. The fraction of sp³-hybridized carbons (Fsp3) is 0.143. The van der Waals surface area contributed by atoms with Crippen LogP contribution in [0.15, 0.2) is 60.9 Å². The molecule has 1 heterocycles. The van der Waals surface area contributed by atoms with Gasteiger partial charge in [-0.05, 0) is 55.5 Å². The highest BCUT2D eigenvalue weighted by Gasteiger charge is 2.09. The number of rotatable bonds is 7. The molecule has 8 heteroatoms. The van der Waals surface area contributed by atoms with Crippen LogP contribution in [0.4, 0.5) is 17.3 Å². The van der Waals surface area contributed by atoms with Gasteiger partial charge in [0.1, 0.15) is 5.75 Å². The van der Waals surface area contributed by atoms with Crippen LogP contribution in [0.2, 0.25) is 0 Å². The zero-order valence-corrected chi connectivity index (χ0v) is 16.0. The highest BCUT2D eigenvalue weighted by Crippen LogP contribution is 2.17. The lowest BCUT2D eigenvalue weighted by Gasteiger charge is -2.08. The van der Waals surface area contributed by atoms with E-state index in [2.05, 4.69) is 20.6 Å². The van der Waals surface area contributed by atoms with E-state index in [-0.39, 0.29) is 11.9 Å². The Morgan fingerprint density at radius 3 is 2.10 bits per heavy atom. The smallest absolute Gasteiger partial charge is 0.338 e. The summed E-state index contributed by atoms with van der Waals surface area (Å²) in [5.41, 5.74) is 2.13. The van der Waals surface area contributed by atoms with Crippen molar-refractivity contribution < 1.29 is 19.1 Å². The fourth-order valence-electron chi connectivity index (χ4n) is 2.42. The predicted octanol–water partition coefficient (Wildman–Crippen LogP) is 3.66. The van der Waals surface area contributed by atoms with Gasteiger partial charge < -0.3 is 20.1 Å². The van der Waals surface area contributed by atoms with Crippen LogP contribution in [0.1, 0.15) is 27.6 Å². The third kappa shape index (κ3) is 5.29. The average Bonchev–Trinajstić information content (AvgIpc) is 2.75. The Morgan fingerprint density at radius 1 is 0.897 bits per heavy atom. The van der Waals surface area contributed by atoms with E-state index in [0.29, 0.717) is 40.8 Å². The molecule has 148 valence electrons. The predicted molar refractivity (Wildman–Crippen MR) is 109 cm³/mol. The summed E-state index contributed by atoms with van der Waals surface area (Å²) in [5, 5.41) is 5.78. The number of hydrogen-bond acceptors (Lipinski definition) is 7. The zero-order valence-electron chi connectivity index (χ0n) is 16.0. The van der Waals surface area contributed by atoms with Gasteiger partial charge in [-0.1, -0.05) is 0 Å². The van der Waals surface area contributed by atoms with Crippen LogP contribution in [-0.4, -0.2) is 35.6 Å². The summed E-state index contributed by atoms with van der Waals surface area (Å²) in [4.78, 5) is 32.3. The van der Waals surface area contributed by atoms with Crippen molar-refractivity contribution >= 4 is 29.2 Å². The van der Waals surface area contributed by atoms with Gasteiger partial charge in [0.2, 0.25) is 5.95 Å². The Bertz CT molecular complexity index is 971. The normalized spacial score (nSPS) is 10.1. The molecule has 3 rings (SSSR count). The molecule has 8 nitrogen and oxygen atoms in total. The first-order valence-electron chi connectivity index (χ1n) is 8.90. The van der Waals surface area contributed by atoms with Crippen molar-refractivity contribution in [3.8, 4) is 5.75 Å². The van der Waals surface area contributed by atoms with Crippen LogP contribution in [0.25, 0.3) is 0 Å². The second kappa shape index (κ2) is 9.32. The van der Waals surface area contributed by atoms with Crippen molar-refractivity contribution in [3.05, 3.63) is 72.1 Å². The number of hydrogen-bond donors (Lipinski definition) is 2. The largest absolute Gasteiger partial charge is 0.497 e. The van der Waals surface area contributed by atoms with Gasteiger partial charge in [-0.25, -0.2) is 14.8 Å². The van der Waals surface area contributed by atoms with Crippen LogP contribution >= 0.6 is 0 Å². The van der Waals surface area contributed by atoms with Crippen LogP contribution in [0.5, 0.6) is 5.75 Å². The number of methoxy groups -OCH3 is 1. The molecule has 0 fully saturated rings. The van der Waals surface area contributed by atoms with E-state index in [0.717, 1.165) is 0 Å². The highest BCUT2D eigenvalue weighted by molar-refractivity contribution is 6.03. The summed E-state index contributed by atoms with van der Waals surface area (Å²) in [6.45, 7) is 2.08. The first kappa shape index (κ1) is 19.8. The Morgan fingerprint density at radius 2 is 1.52 bits per heavy atom. The van der Waals surface area contributed by atoms with Gasteiger partial charge in [-0.2, -0.15) is 0 Å². The van der Waals surface area contributed by atoms with Crippen LogP contribution in [-0.2, 0) is 4.74 Å². The molecule has 0 spiro atoms. The summed E-state index contributed by atoms with van der Waals surface area (Å²) < 4.78 is 10.0. The van der Waals surface area contributed by atoms with Crippen LogP contribution in [0.3, 0.4) is 0 Å². The van der Waals surface area contributed by atoms with Crippen molar-refractivity contribution in [1.82, 2.24) is 9.97 Å². The molecule has 0 aliphatic rings. The molecule has 1 aromatic heterocycles. The summed E-state index contributed by atoms with van der Waals surface area (Å²) in [6.07, 6.45) is 2.86. The number of esters is 1. The summed E-state index contributed by atoms with van der Waals surface area (Å²) in [7, 11) is 1.58. The SMILES string of the molecule is CCOC(=O)c1ccc(Nc2ncc(C(=O)Nc3ccc(OC)cc3)cn2)cc1. The fourth-order valence-corrected chi connectivity index (χ4v) is 2.42. The zero-order chi connectivity index (χ0) is 20.6. The molecule has 0 unspecified atom stereocenters.